The van der Waals surface area contributed by atoms with Crippen LogP contribution >= 0.6 is 15.9 Å². The maximum absolute atomic E-state index is 9.65. The van der Waals surface area contributed by atoms with Gasteiger partial charge < -0.3 is 10.0 Å². The molecule has 1 N–H and O–H groups in total. The summed E-state index contributed by atoms with van der Waals surface area (Å²) in [7, 11) is 0. The average molecular weight is 324 g/mol. The van der Waals surface area contributed by atoms with Crippen LogP contribution in [0.1, 0.15) is 44.3 Å². The lowest BCUT2D eigenvalue weighted by Gasteiger charge is -2.26. The minimum absolute atomic E-state index is 0.398. The van der Waals surface area contributed by atoms with Crippen molar-refractivity contribution in [1.29, 1.82) is 0 Å². The molecule has 0 bridgehead atoms. The molecule has 1 aromatic rings. The summed E-state index contributed by atoms with van der Waals surface area (Å²) in [5.74, 6) is 1.81. The molecule has 19 heavy (non-hydrogen) atoms. The van der Waals surface area contributed by atoms with Crippen LogP contribution in [0.3, 0.4) is 0 Å². The van der Waals surface area contributed by atoms with Gasteiger partial charge in [0.1, 0.15) is 0 Å². The van der Waals surface area contributed by atoms with Crippen LogP contribution in [0.15, 0.2) is 22.7 Å². The predicted molar refractivity (Wildman–Crippen MR) is 82.4 cm³/mol. The fourth-order valence-corrected chi connectivity index (χ4v) is 3.18. The van der Waals surface area contributed by atoms with E-state index < -0.39 is 6.10 Å². The van der Waals surface area contributed by atoms with Crippen molar-refractivity contribution in [2.24, 2.45) is 11.8 Å². The van der Waals surface area contributed by atoms with E-state index in [1.165, 1.54) is 44.5 Å². The highest BCUT2D eigenvalue weighted by atomic mass is 79.9. The summed E-state index contributed by atoms with van der Waals surface area (Å²) in [5.41, 5.74) is 2.27. The third-order valence-electron chi connectivity index (χ3n) is 4.15. The summed E-state index contributed by atoms with van der Waals surface area (Å²) in [5, 5.41) is 9.65. The van der Waals surface area contributed by atoms with Crippen LogP contribution in [0, 0.1) is 11.8 Å². The van der Waals surface area contributed by atoms with Gasteiger partial charge in [0.25, 0.3) is 0 Å². The van der Waals surface area contributed by atoms with Crippen molar-refractivity contribution in [3.05, 3.63) is 28.2 Å². The lowest BCUT2D eigenvalue weighted by molar-refractivity contribution is 0.199. The predicted octanol–water partition coefficient (Wildman–Crippen LogP) is 4.13. The molecular weight excluding hydrogens is 302 g/mol. The molecule has 0 amide bonds. The number of nitrogens with zero attached hydrogens (tertiary/aromatic N) is 1. The van der Waals surface area contributed by atoms with Crippen LogP contribution in [0.5, 0.6) is 0 Å². The van der Waals surface area contributed by atoms with E-state index in [0.29, 0.717) is 0 Å². The zero-order chi connectivity index (χ0) is 13.4. The molecule has 3 heteroatoms. The van der Waals surface area contributed by atoms with Gasteiger partial charge in [-0.3, -0.25) is 0 Å². The fraction of sp³-hybridized carbons (Fsp3) is 0.625. The second-order valence-corrected chi connectivity index (χ2v) is 7.03. The number of rotatable bonds is 6. The third-order valence-corrected chi connectivity index (χ3v) is 4.78. The van der Waals surface area contributed by atoms with Gasteiger partial charge in [-0.1, -0.05) is 6.07 Å². The van der Waals surface area contributed by atoms with Crippen LogP contribution in [0.4, 0.5) is 5.69 Å². The molecule has 2 aliphatic rings. The van der Waals surface area contributed by atoms with Gasteiger partial charge in [-0.2, -0.15) is 0 Å². The number of hydrogen-bond donors (Lipinski definition) is 1. The van der Waals surface area contributed by atoms with E-state index in [2.05, 4.69) is 39.0 Å². The summed E-state index contributed by atoms with van der Waals surface area (Å²) in [6.45, 7) is 4.21. The van der Waals surface area contributed by atoms with Crippen molar-refractivity contribution >= 4 is 21.6 Å². The first-order valence-corrected chi connectivity index (χ1v) is 8.15. The summed E-state index contributed by atoms with van der Waals surface area (Å²) >= 11 is 3.68. The maximum Gasteiger partial charge on any atom is 0.0762 e. The van der Waals surface area contributed by atoms with Crippen molar-refractivity contribution < 1.29 is 5.11 Å². The zero-order valence-corrected chi connectivity index (χ0v) is 13.1. The summed E-state index contributed by atoms with van der Waals surface area (Å²) in [4.78, 5) is 2.55. The number of halogens is 1. The highest BCUT2D eigenvalue weighted by Gasteiger charge is 2.30. The van der Waals surface area contributed by atoms with Gasteiger partial charge >= 0.3 is 0 Å². The van der Waals surface area contributed by atoms with Gasteiger partial charge in [0.2, 0.25) is 0 Å². The van der Waals surface area contributed by atoms with Gasteiger partial charge in [0.15, 0.2) is 0 Å². The van der Waals surface area contributed by atoms with Gasteiger partial charge in [0, 0.05) is 17.6 Å². The Kier molecular flexibility index (Phi) is 3.86. The molecule has 0 unspecified atom stereocenters. The third kappa shape index (κ3) is 3.51. The monoisotopic (exact) mass is 323 g/mol. The molecule has 104 valence electrons. The summed E-state index contributed by atoms with van der Waals surface area (Å²) in [6.07, 6.45) is 5.18. The topological polar surface area (TPSA) is 23.5 Å². The first-order valence-electron chi connectivity index (χ1n) is 7.36. The average Bonchev–Trinajstić information content (AvgIpc) is 3.23. The molecule has 0 saturated heterocycles. The Morgan fingerprint density at radius 1 is 1.21 bits per heavy atom. The number of aliphatic hydroxyl groups is 1. The van der Waals surface area contributed by atoms with E-state index in [9.17, 15) is 5.11 Å². The highest BCUT2D eigenvalue weighted by molar-refractivity contribution is 9.10. The number of anilines is 1. The molecule has 2 fully saturated rings. The molecule has 0 aliphatic heterocycles. The SMILES string of the molecule is C[C@@H](O)c1ccc(N(CC2CC2)CC2CC2)c(Br)c1. The molecule has 0 spiro atoms. The van der Waals surface area contributed by atoms with Crippen LogP contribution in [0.2, 0.25) is 0 Å². The molecule has 0 radical (unpaired) electrons. The molecule has 3 rings (SSSR count). The zero-order valence-electron chi connectivity index (χ0n) is 11.5. The van der Waals surface area contributed by atoms with E-state index in [0.717, 1.165) is 21.9 Å². The number of aliphatic hydroxyl groups excluding tert-OH is 1. The van der Waals surface area contributed by atoms with E-state index >= 15 is 0 Å². The molecular formula is C16H22BrNO. The quantitative estimate of drug-likeness (QED) is 0.850. The van der Waals surface area contributed by atoms with Gasteiger partial charge in [-0.15, -0.1) is 0 Å². The van der Waals surface area contributed by atoms with Gasteiger partial charge in [-0.25, -0.2) is 0 Å². The fourth-order valence-electron chi connectivity index (χ4n) is 2.53. The molecule has 0 heterocycles. The Balaban J connectivity index is 1.79. The van der Waals surface area contributed by atoms with Crippen molar-refractivity contribution in [2.45, 2.75) is 38.7 Å². The second-order valence-electron chi connectivity index (χ2n) is 6.18. The summed E-state index contributed by atoms with van der Waals surface area (Å²) in [6, 6.07) is 6.28. The Morgan fingerprint density at radius 3 is 2.21 bits per heavy atom. The van der Waals surface area contributed by atoms with Crippen molar-refractivity contribution in [2.75, 3.05) is 18.0 Å². The standard InChI is InChI=1S/C16H22BrNO/c1-11(19)14-6-7-16(15(17)8-14)18(9-12-2-3-12)10-13-4-5-13/h6-8,11-13,19H,2-5,9-10H2,1H3/t11-/m1/s1. The Labute approximate surface area is 123 Å². The Bertz CT molecular complexity index is 438. The van der Waals surface area contributed by atoms with Crippen LogP contribution < -0.4 is 4.90 Å². The van der Waals surface area contributed by atoms with Crippen molar-refractivity contribution in [3.63, 3.8) is 0 Å². The largest absolute Gasteiger partial charge is 0.389 e. The summed E-state index contributed by atoms with van der Waals surface area (Å²) < 4.78 is 1.12. The van der Waals surface area contributed by atoms with E-state index in [-0.39, 0.29) is 0 Å². The smallest absolute Gasteiger partial charge is 0.0762 e. The lowest BCUT2D eigenvalue weighted by Crippen LogP contribution is -2.28. The first-order chi connectivity index (χ1) is 9.13. The minimum Gasteiger partial charge on any atom is -0.389 e. The van der Waals surface area contributed by atoms with E-state index in [4.69, 9.17) is 0 Å². The highest BCUT2D eigenvalue weighted by Crippen LogP contribution is 2.38. The first kappa shape index (κ1) is 13.4. The normalized spacial score (nSPS) is 20.4. The lowest BCUT2D eigenvalue weighted by atomic mass is 10.1. The number of hydrogen-bond acceptors (Lipinski definition) is 2. The van der Waals surface area contributed by atoms with Crippen molar-refractivity contribution in [3.8, 4) is 0 Å². The van der Waals surface area contributed by atoms with Crippen LogP contribution in [-0.4, -0.2) is 18.2 Å². The van der Waals surface area contributed by atoms with E-state index in [1.54, 1.807) is 0 Å². The molecule has 1 aromatic carbocycles. The minimum atomic E-state index is -0.398. The van der Waals surface area contributed by atoms with E-state index in [1.807, 2.05) is 6.92 Å². The molecule has 1 atom stereocenters. The van der Waals surface area contributed by atoms with Crippen LogP contribution in [0.25, 0.3) is 0 Å². The number of benzene rings is 1. The maximum atomic E-state index is 9.65. The van der Waals surface area contributed by atoms with Gasteiger partial charge in [-0.05, 0) is 78.1 Å². The molecule has 0 aromatic heterocycles. The molecule has 2 saturated carbocycles. The van der Waals surface area contributed by atoms with Gasteiger partial charge in [0.05, 0.1) is 11.8 Å². The molecule has 2 aliphatic carbocycles. The Morgan fingerprint density at radius 2 is 1.79 bits per heavy atom. The van der Waals surface area contributed by atoms with Crippen molar-refractivity contribution in [1.82, 2.24) is 0 Å². The second kappa shape index (κ2) is 5.45. The van der Waals surface area contributed by atoms with Crippen LogP contribution in [-0.2, 0) is 0 Å². The molecule has 2 nitrogen and oxygen atoms in total. The Hall–Kier alpha value is -0.540.